The summed E-state index contributed by atoms with van der Waals surface area (Å²) in [7, 11) is 0. The molecule has 0 bridgehead atoms. The van der Waals surface area contributed by atoms with E-state index < -0.39 is 0 Å². The summed E-state index contributed by atoms with van der Waals surface area (Å²) in [5.41, 5.74) is 1.61. The maximum absolute atomic E-state index is 13.2. The van der Waals surface area contributed by atoms with Gasteiger partial charge in [-0.05, 0) is 56.0 Å². The highest BCUT2D eigenvalue weighted by Crippen LogP contribution is 2.32. The molecule has 0 radical (unpaired) electrons. The standard InChI is InChI=1S/C21H18Cl2N4O2/c1-12(28)18-19(14-3-2-6-24-10-14)26-27(11-13-4-5-13)21(29)20(18)25-17-8-15(22)7-16(23)9-17/h2-3,6-10,13,25H,4-5,11H2,1H3. The quantitative estimate of drug-likeness (QED) is 0.560. The molecule has 6 nitrogen and oxygen atoms in total. The Balaban J connectivity index is 1.93. The number of nitrogens with zero attached hydrogens (tertiary/aromatic N) is 3. The van der Waals surface area contributed by atoms with Gasteiger partial charge in [0, 0.05) is 40.2 Å². The molecular formula is C21H18Cl2N4O2. The van der Waals surface area contributed by atoms with Crippen LogP contribution in [-0.2, 0) is 6.54 Å². The molecule has 8 heteroatoms. The van der Waals surface area contributed by atoms with Crippen molar-refractivity contribution in [1.29, 1.82) is 0 Å². The molecule has 0 atom stereocenters. The number of ketones is 1. The predicted molar refractivity (Wildman–Crippen MR) is 114 cm³/mol. The van der Waals surface area contributed by atoms with Crippen LogP contribution >= 0.6 is 23.2 Å². The number of anilines is 2. The summed E-state index contributed by atoms with van der Waals surface area (Å²) in [4.78, 5) is 29.9. The minimum absolute atomic E-state index is 0.158. The van der Waals surface area contributed by atoms with Crippen LogP contribution in [0.1, 0.15) is 30.1 Å². The van der Waals surface area contributed by atoms with E-state index in [1.54, 1.807) is 36.7 Å². The Morgan fingerprint density at radius 3 is 2.55 bits per heavy atom. The van der Waals surface area contributed by atoms with Gasteiger partial charge in [0.2, 0.25) is 0 Å². The summed E-state index contributed by atoms with van der Waals surface area (Å²) < 4.78 is 1.43. The first-order chi connectivity index (χ1) is 13.9. The number of pyridine rings is 1. The van der Waals surface area contributed by atoms with E-state index in [-0.39, 0.29) is 22.6 Å². The largest absolute Gasteiger partial charge is 0.350 e. The minimum atomic E-state index is -0.356. The van der Waals surface area contributed by atoms with Crippen LogP contribution in [0.15, 0.2) is 47.5 Å². The highest BCUT2D eigenvalue weighted by Gasteiger charge is 2.27. The molecule has 1 aliphatic carbocycles. The van der Waals surface area contributed by atoms with Crippen molar-refractivity contribution >= 4 is 40.4 Å². The lowest BCUT2D eigenvalue weighted by atomic mass is 10.0. The van der Waals surface area contributed by atoms with Gasteiger partial charge >= 0.3 is 0 Å². The monoisotopic (exact) mass is 428 g/mol. The highest BCUT2D eigenvalue weighted by molar-refractivity contribution is 6.35. The van der Waals surface area contributed by atoms with E-state index in [0.29, 0.717) is 39.5 Å². The lowest BCUT2D eigenvalue weighted by Crippen LogP contribution is -2.29. The highest BCUT2D eigenvalue weighted by atomic mass is 35.5. The number of Topliss-reactive ketones (excluding diaryl/α,β-unsaturated/α-hetero) is 1. The normalized spacial score (nSPS) is 13.3. The first kappa shape index (κ1) is 19.6. The predicted octanol–water partition coefficient (Wildman–Crippen LogP) is 4.97. The van der Waals surface area contributed by atoms with Gasteiger partial charge < -0.3 is 5.32 Å². The van der Waals surface area contributed by atoms with Crippen molar-refractivity contribution in [3.8, 4) is 11.3 Å². The fourth-order valence-electron chi connectivity index (χ4n) is 3.17. The third kappa shape index (κ3) is 4.33. The van der Waals surface area contributed by atoms with Gasteiger partial charge in [0.25, 0.3) is 5.56 Å². The van der Waals surface area contributed by atoms with Crippen LogP contribution in [0.2, 0.25) is 10.0 Å². The first-order valence-electron chi connectivity index (χ1n) is 9.22. The number of carbonyl (C=O) groups excluding carboxylic acids is 1. The summed E-state index contributed by atoms with van der Waals surface area (Å²) in [6.45, 7) is 1.92. The molecule has 148 valence electrons. The number of rotatable bonds is 6. The van der Waals surface area contributed by atoms with Gasteiger partial charge in [-0.15, -0.1) is 0 Å². The third-order valence-corrected chi connectivity index (χ3v) is 5.14. The zero-order valence-corrected chi connectivity index (χ0v) is 17.2. The van der Waals surface area contributed by atoms with Gasteiger partial charge in [0.1, 0.15) is 11.4 Å². The van der Waals surface area contributed by atoms with E-state index in [1.165, 1.54) is 11.6 Å². The smallest absolute Gasteiger partial charge is 0.291 e. The lowest BCUT2D eigenvalue weighted by Gasteiger charge is -2.17. The van der Waals surface area contributed by atoms with Crippen LogP contribution in [0.25, 0.3) is 11.3 Å². The van der Waals surface area contributed by atoms with Crippen LogP contribution in [0, 0.1) is 5.92 Å². The molecule has 29 heavy (non-hydrogen) atoms. The maximum Gasteiger partial charge on any atom is 0.291 e. The number of nitrogens with one attached hydrogen (secondary N) is 1. The molecule has 1 N–H and O–H groups in total. The average molecular weight is 429 g/mol. The fraction of sp³-hybridized carbons (Fsp3) is 0.238. The zero-order valence-electron chi connectivity index (χ0n) is 15.7. The third-order valence-electron chi connectivity index (χ3n) is 4.70. The number of hydrogen-bond acceptors (Lipinski definition) is 5. The van der Waals surface area contributed by atoms with E-state index in [4.69, 9.17) is 23.2 Å². The molecule has 2 heterocycles. The summed E-state index contributed by atoms with van der Waals surface area (Å²) in [6, 6.07) is 8.46. The van der Waals surface area contributed by atoms with Gasteiger partial charge in [0.05, 0.1) is 5.56 Å². The van der Waals surface area contributed by atoms with Crippen molar-refractivity contribution in [3.05, 3.63) is 68.7 Å². The van der Waals surface area contributed by atoms with Crippen LogP contribution in [0.3, 0.4) is 0 Å². The van der Waals surface area contributed by atoms with Gasteiger partial charge in [-0.1, -0.05) is 23.2 Å². The van der Waals surface area contributed by atoms with Gasteiger partial charge in [-0.2, -0.15) is 5.10 Å². The molecule has 2 aromatic heterocycles. The van der Waals surface area contributed by atoms with E-state index in [9.17, 15) is 9.59 Å². The lowest BCUT2D eigenvalue weighted by molar-refractivity contribution is 0.101. The molecular weight excluding hydrogens is 411 g/mol. The number of aromatic nitrogens is 3. The molecule has 1 fully saturated rings. The van der Waals surface area contributed by atoms with Crippen molar-refractivity contribution in [3.63, 3.8) is 0 Å². The number of hydrogen-bond donors (Lipinski definition) is 1. The van der Waals surface area contributed by atoms with Crippen molar-refractivity contribution in [2.75, 3.05) is 5.32 Å². The summed E-state index contributed by atoms with van der Waals surface area (Å²) in [6.07, 6.45) is 5.40. The van der Waals surface area contributed by atoms with Gasteiger partial charge in [-0.3, -0.25) is 14.6 Å². The molecule has 0 unspecified atom stereocenters. The van der Waals surface area contributed by atoms with Gasteiger partial charge in [-0.25, -0.2) is 4.68 Å². The Kier molecular flexibility index (Phi) is 5.39. The molecule has 0 spiro atoms. The Morgan fingerprint density at radius 1 is 1.24 bits per heavy atom. The van der Waals surface area contributed by atoms with Crippen LogP contribution in [-0.4, -0.2) is 20.5 Å². The molecule has 0 aliphatic heterocycles. The van der Waals surface area contributed by atoms with Crippen molar-refractivity contribution in [1.82, 2.24) is 14.8 Å². The SMILES string of the molecule is CC(=O)c1c(-c2cccnc2)nn(CC2CC2)c(=O)c1Nc1cc(Cl)cc(Cl)c1. The second-order valence-electron chi connectivity index (χ2n) is 7.11. The zero-order chi connectivity index (χ0) is 20.5. The Bertz CT molecular complexity index is 1120. The first-order valence-corrected chi connectivity index (χ1v) is 9.97. The van der Waals surface area contributed by atoms with Gasteiger partial charge in [0.15, 0.2) is 5.78 Å². The summed E-state index contributed by atoms with van der Waals surface area (Å²) in [5.74, 6) is 0.154. The Morgan fingerprint density at radius 2 is 1.97 bits per heavy atom. The molecule has 3 aromatic rings. The van der Waals surface area contributed by atoms with Crippen molar-refractivity contribution in [2.24, 2.45) is 5.92 Å². The molecule has 1 aliphatic rings. The summed E-state index contributed by atoms with van der Waals surface area (Å²) in [5, 5.41) is 8.44. The minimum Gasteiger partial charge on any atom is -0.350 e. The maximum atomic E-state index is 13.2. The van der Waals surface area contributed by atoms with Crippen molar-refractivity contribution in [2.45, 2.75) is 26.3 Å². The average Bonchev–Trinajstić information content (AvgIpc) is 3.48. The Labute approximate surface area is 177 Å². The number of halogens is 2. The second kappa shape index (κ2) is 7.97. The molecule has 4 rings (SSSR count). The van der Waals surface area contributed by atoms with E-state index in [0.717, 1.165) is 12.8 Å². The fourth-order valence-corrected chi connectivity index (χ4v) is 3.70. The van der Waals surface area contributed by atoms with Crippen molar-refractivity contribution < 1.29 is 4.79 Å². The molecule has 1 saturated carbocycles. The molecule has 0 saturated heterocycles. The van der Waals surface area contributed by atoms with Crippen LogP contribution < -0.4 is 10.9 Å². The topological polar surface area (TPSA) is 76.9 Å². The summed E-state index contributed by atoms with van der Waals surface area (Å²) >= 11 is 12.2. The van der Waals surface area contributed by atoms with Crippen LogP contribution in [0.4, 0.5) is 11.4 Å². The van der Waals surface area contributed by atoms with E-state index >= 15 is 0 Å². The molecule has 0 amide bonds. The van der Waals surface area contributed by atoms with E-state index in [2.05, 4.69) is 15.4 Å². The second-order valence-corrected chi connectivity index (χ2v) is 7.98. The number of benzene rings is 1. The Hall–Kier alpha value is -2.70. The molecule has 1 aromatic carbocycles. The van der Waals surface area contributed by atoms with Crippen LogP contribution in [0.5, 0.6) is 0 Å². The van der Waals surface area contributed by atoms with E-state index in [1.807, 2.05) is 6.07 Å². The number of carbonyl (C=O) groups is 1.